The summed E-state index contributed by atoms with van der Waals surface area (Å²) in [4.78, 5) is 46.7. The SMILES string of the molecule is COc1ccc2[nH]c(C)c(CC(=O)N[C@@H](CCCCCC(=O)NCCc3ccccc3)C(=O)NCCc3c(-c4ccccc4)[nH]c4ccccc34)c2c1. The predicted molar refractivity (Wildman–Crippen MR) is 212 cm³/mol. The van der Waals surface area contributed by atoms with E-state index in [4.69, 9.17) is 4.74 Å². The van der Waals surface area contributed by atoms with E-state index < -0.39 is 6.04 Å². The molecule has 53 heavy (non-hydrogen) atoms. The Morgan fingerprint density at radius 3 is 2.21 bits per heavy atom. The Bertz CT molecular complexity index is 2140. The lowest BCUT2D eigenvalue weighted by Gasteiger charge is -2.19. The van der Waals surface area contributed by atoms with E-state index >= 15 is 0 Å². The summed E-state index contributed by atoms with van der Waals surface area (Å²) < 4.78 is 5.43. The molecule has 0 aliphatic heterocycles. The Morgan fingerprint density at radius 2 is 1.42 bits per heavy atom. The number of ether oxygens (including phenoxy) is 1. The molecule has 9 nitrogen and oxygen atoms in total. The van der Waals surface area contributed by atoms with E-state index in [0.717, 1.165) is 62.7 Å². The molecule has 0 fully saturated rings. The van der Waals surface area contributed by atoms with Crippen LogP contribution >= 0.6 is 0 Å². The minimum atomic E-state index is -0.709. The van der Waals surface area contributed by atoms with Crippen molar-refractivity contribution in [2.24, 2.45) is 0 Å². The number of rotatable bonds is 18. The third-order valence-corrected chi connectivity index (χ3v) is 9.84. The summed E-state index contributed by atoms with van der Waals surface area (Å²) in [6, 6.07) is 33.5. The van der Waals surface area contributed by atoms with Crippen LogP contribution < -0.4 is 20.7 Å². The van der Waals surface area contributed by atoms with Gasteiger partial charge in [0.15, 0.2) is 0 Å². The third kappa shape index (κ3) is 9.74. The van der Waals surface area contributed by atoms with Gasteiger partial charge in [0, 0.05) is 52.7 Å². The molecular weight excluding hydrogens is 663 g/mol. The van der Waals surface area contributed by atoms with Crippen molar-refractivity contribution >= 4 is 39.5 Å². The molecule has 0 radical (unpaired) electrons. The quantitative estimate of drug-likeness (QED) is 0.0599. The summed E-state index contributed by atoms with van der Waals surface area (Å²) in [5, 5.41) is 11.2. The monoisotopic (exact) mass is 711 g/mol. The van der Waals surface area contributed by atoms with Gasteiger partial charge in [-0.25, -0.2) is 0 Å². The molecule has 274 valence electrons. The van der Waals surface area contributed by atoms with Gasteiger partial charge in [-0.3, -0.25) is 14.4 Å². The smallest absolute Gasteiger partial charge is 0.242 e. The highest BCUT2D eigenvalue weighted by atomic mass is 16.5. The molecule has 5 N–H and O–H groups in total. The zero-order valence-electron chi connectivity index (χ0n) is 30.6. The number of aromatic amines is 2. The second-order valence-electron chi connectivity index (χ2n) is 13.6. The molecule has 0 bridgehead atoms. The Morgan fingerprint density at radius 1 is 0.698 bits per heavy atom. The van der Waals surface area contributed by atoms with Crippen molar-refractivity contribution in [1.82, 2.24) is 25.9 Å². The van der Waals surface area contributed by atoms with E-state index in [1.165, 1.54) is 5.56 Å². The molecule has 0 aliphatic rings. The lowest BCUT2D eigenvalue weighted by atomic mass is 10.0. The molecule has 1 atom stereocenters. The maximum Gasteiger partial charge on any atom is 0.242 e. The number of hydrogen-bond acceptors (Lipinski definition) is 4. The number of amides is 3. The molecule has 3 amide bonds. The zero-order valence-corrected chi connectivity index (χ0v) is 30.6. The molecule has 6 aromatic rings. The fourth-order valence-electron chi connectivity index (χ4n) is 7.03. The number of unbranched alkanes of at least 4 members (excludes halogenated alkanes) is 2. The van der Waals surface area contributed by atoms with Crippen LogP contribution in [0.25, 0.3) is 33.1 Å². The van der Waals surface area contributed by atoms with Crippen LogP contribution in [0.5, 0.6) is 5.75 Å². The van der Waals surface area contributed by atoms with Gasteiger partial charge >= 0.3 is 0 Å². The van der Waals surface area contributed by atoms with Crippen LogP contribution in [0.15, 0.2) is 103 Å². The van der Waals surface area contributed by atoms with Gasteiger partial charge in [-0.2, -0.15) is 0 Å². The van der Waals surface area contributed by atoms with Gasteiger partial charge < -0.3 is 30.7 Å². The van der Waals surface area contributed by atoms with Gasteiger partial charge in [0.2, 0.25) is 17.7 Å². The van der Waals surface area contributed by atoms with Crippen molar-refractivity contribution in [2.45, 2.75) is 64.3 Å². The van der Waals surface area contributed by atoms with Crippen LogP contribution in [0, 0.1) is 6.92 Å². The van der Waals surface area contributed by atoms with E-state index in [1.807, 2.05) is 73.7 Å². The van der Waals surface area contributed by atoms with Crippen LogP contribution in [0.3, 0.4) is 0 Å². The number of aromatic nitrogens is 2. The maximum atomic E-state index is 13.8. The Hall–Kier alpha value is -5.83. The van der Waals surface area contributed by atoms with Crippen LogP contribution in [0.1, 0.15) is 54.5 Å². The summed E-state index contributed by atoms with van der Waals surface area (Å²) in [6.07, 6.45) is 4.60. The first-order valence-electron chi connectivity index (χ1n) is 18.6. The standard InChI is InChI=1S/C44H49N5O4/c1-30-36(37-28-33(53-2)22-23-39(37)47-30)29-42(51)48-40(20-10-5-11-21-41(50)45-26-24-31-14-6-3-7-15-31)44(52)46-27-25-35-34-18-12-13-19-38(34)49-43(35)32-16-8-4-9-17-32/h3-4,6-9,12-19,22-23,28,40,47,49H,5,10-11,20-21,24-27,29H2,1-2H3,(H,45,50)(H,46,52)(H,48,51)/t40-/m0/s1. The second-order valence-corrected chi connectivity index (χ2v) is 13.6. The summed E-state index contributed by atoms with van der Waals surface area (Å²) in [5.41, 5.74) is 8.22. The van der Waals surface area contributed by atoms with Gasteiger partial charge in [0.25, 0.3) is 0 Å². The Kier molecular flexibility index (Phi) is 12.6. The molecular formula is C44H49N5O4. The normalized spacial score (nSPS) is 11.7. The van der Waals surface area contributed by atoms with Crippen molar-refractivity contribution in [3.05, 3.63) is 126 Å². The predicted octanol–water partition coefficient (Wildman–Crippen LogP) is 7.33. The van der Waals surface area contributed by atoms with Gasteiger partial charge in [-0.05, 0) is 79.1 Å². The molecule has 6 rings (SSSR count). The average Bonchev–Trinajstić information content (AvgIpc) is 3.70. The average molecular weight is 712 g/mol. The van der Waals surface area contributed by atoms with E-state index in [2.05, 4.69) is 62.3 Å². The van der Waals surface area contributed by atoms with E-state index in [1.54, 1.807) is 7.11 Å². The molecule has 2 heterocycles. The first-order chi connectivity index (χ1) is 25.9. The maximum absolute atomic E-state index is 13.8. The molecule has 2 aromatic heterocycles. The minimum Gasteiger partial charge on any atom is -0.497 e. The molecule has 0 saturated carbocycles. The molecule has 9 heteroatoms. The van der Waals surface area contributed by atoms with E-state index in [9.17, 15) is 14.4 Å². The third-order valence-electron chi connectivity index (χ3n) is 9.84. The highest BCUT2D eigenvalue weighted by Crippen LogP contribution is 2.31. The van der Waals surface area contributed by atoms with Gasteiger partial charge in [0.1, 0.15) is 11.8 Å². The molecule has 0 unspecified atom stereocenters. The number of benzene rings is 4. The number of fused-ring (bicyclic) bond motifs is 2. The van der Waals surface area contributed by atoms with Gasteiger partial charge in [-0.1, -0.05) is 91.7 Å². The first kappa shape index (κ1) is 36.9. The number of aryl methyl sites for hydroxylation is 1. The van der Waals surface area contributed by atoms with Crippen molar-refractivity contribution in [1.29, 1.82) is 0 Å². The van der Waals surface area contributed by atoms with Crippen LogP contribution in [0.4, 0.5) is 0 Å². The summed E-state index contributed by atoms with van der Waals surface area (Å²) >= 11 is 0. The minimum absolute atomic E-state index is 0.0291. The van der Waals surface area contributed by atoms with Crippen molar-refractivity contribution in [2.75, 3.05) is 20.2 Å². The molecule has 4 aromatic carbocycles. The van der Waals surface area contributed by atoms with Crippen LogP contribution in [-0.2, 0) is 33.6 Å². The number of nitrogens with one attached hydrogen (secondary N) is 5. The molecule has 0 spiro atoms. The number of hydrogen-bond donors (Lipinski definition) is 5. The number of H-pyrrole nitrogens is 2. The van der Waals surface area contributed by atoms with Gasteiger partial charge in [0.05, 0.1) is 13.5 Å². The van der Waals surface area contributed by atoms with E-state index in [-0.39, 0.29) is 24.1 Å². The highest BCUT2D eigenvalue weighted by Gasteiger charge is 2.23. The molecule has 0 aliphatic carbocycles. The number of methoxy groups -OCH3 is 1. The van der Waals surface area contributed by atoms with E-state index in [0.29, 0.717) is 50.9 Å². The lowest BCUT2D eigenvalue weighted by molar-refractivity contribution is -0.128. The largest absolute Gasteiger partial charge is 0.497 e. The summed E-state index contributed by atoms with van der Waals surface area (Å²) in [5.74, 6) is 0.306. The number of para-hydroxylation sites is 1. The summed E-state index contributed by atoms with van der Waals surface area (Å²) in [6.45, 7) is 2.97. The fourth-order valence-corrected chi connectivity index (χ4v) is 7.03. The van der Waals surface area contributed by atoms with Crippen molar-refractivity contribution < 1.29 is 19.1 Å². The highest BCUT2D eigenvalue weighted by molar-refractivity contribution is 5.94. The zero-order chi connectivity index (χ0) is 37.0. The fraction of sp³-hybridized carbons (Fsp3) is 0.295. The van der Waals surface area contributed by atoms with Crippen LogP contribution in [0.2, 0.25) is 0 Å². The lowest BCUT2D eigenvalue weighted by Crippen LogP contribution is -2.47. The van der Waals surface area contributed by atoms with Crippen LogP contribution in [-0.4, -0.2) is 53.9 Å². The first-order valence-corrected chi connectivity index (χ1v) is 18.6. The topological polar surface area (TPSA) is 128 Å². The van der Waals surface area contributed by atoms with Crippen molar-refractivity contribution in [3.63, 3.8) is 0 Å². The van der Waals surface area contributed by atoms with Crippen molar-refractivity contribution in [3.8, 4) is 17.0 Å². The number of carbonyl (C=O) groups is 3. The number of carbonyl (C=O) groups excluding carboxylic acids is 3. The Labute approximate surface area is 310 Å². The summed E-state index contributed by atoms with van der Waals surface area (Å²) in [7, 11) is 1.62. The molecule has 0 saturated heterocycles. The second kappa shape index (κ2) is 18.1. The Balaban J connectivity index is 1.07. The van der Waals surface area contributed by atoms with Gasteiger partial charge in [-0.15, -0.1) is 0 Å².